The Morgan fingerprint density at radius 3 is 2.86 bits per heavy atom. The summed E-state index contributed by atoms with van der Waals surface area (Å²) >= 11 is 0. The van der Waals surface area contributed by atoms with Gasteiger partial charge >= 0.3 is 5.97 Å². The second-order valence-electron chi connectivity index (χ2n) is 8.54. The maximum Gasteiger partial charge on any atom is 0.317 e. The summed E-state index contributed by atoms with van der Waals surface area (Å²) in [5.41, 5.74) is 4.32. The van der Waals surface area contributed by atoms with E-state index in [1.807, 2.05) is 43.3 Å². The number of carboxylic acids is 1. The monoisotopic (exact) mass is 477 g/mol. The third-order valence-corrected chi connectivity index (χ3v) is 5.58. The molecule has 0 amide bonds. The molecule has 1 fully saturated rings. The summed E-state index contributed by atoms with van der Waals surface area (Å²) in [6, 6.07) is 11.7. The predicted octanol–water partition coefficient (Wildman–Crippen LogP) is 2.58. The molecule has 2 aromatic rings. The van der Waals surface area contributed by atoms with Crippen LogP contribution in [0, 0.1) is 0 Å². The van der Waals surface area contributed by atoms with Gasteiger partial charge in [-0.1, -0.05) is 18.7 Å². The van der Waals surface area contributed by atoms with Gasteiger partial charge in [-0.3, -0.25) is 14.7 Å². The first-order valence-corrected chi connectivity index (χ1v) is 11.8. The molecule has 0 radical (unpaired) electrons. The largest absolute Gasteiger partial charge is 0.480 e. The summed E-state index contributed by atoms with van der Waals surface area (Å²) in [4.78, 5) is 28.6. The van der Waals surface area contributed by atoms with Gasteiger partial charge in [0.05, 0.1) is 12.2 Å². The molecule has 3 N–H and O–H groups in total. The van der Waals surface area contributed by atoms with E-state index in [0.29, 0.717) is 18.2 Å². The highest BCUT2D eigenvalue weighted by Crippen LogP contribution is 2.17. The molecule has 0 aliphatic carbocycles. The van der Waals surface area contributed by atoms with Crippen LogP contribution in [0.25, 0.3) is 5.70 Å². The van der Waals surface area contributed by atoms with Crippen LogP contribution in [0.1, 0.15) is 23.7 Å². The molecule has 0 spiro atoms. The van der Waals surface area contributed by atoms with E-state index in [2.05, 4.69) is 37.1 Å². The fourth-order valence-electron chi connectivity index (χ4n) is 3.88. The number of hydrogen-bond acceptors (Lipinski definition) is 6. The number of nitrogens with one attached hydrogen (secondary N) is 2. The van der Waals surface area contributed by atoms with Crippen molar-refractivity contribution in [1.82, 2.24) is 20.1 Å². The first-order valence-electron chi connectivity index (χ1n) is 11.8. The van der Waals surface area contributed by atoms with Crippen LogP contribution in [0.2, 0.25) is 0 Å². The average Bonchev–Trinajstić information content (AvgIpc) is 2.83. The van der Waals surface area contributed by atoms with E-state index in [-0.39, 0.29) is 6.54 Å². The minimum absolute atomic E-state index is 0.0204. The molecule has 0 saturated carbocycles. The van der Waals surface area contributed by atoms with Crippen molar-refractivity contribution in [2.75, 3.05) is 51.6 Å². The Kier molecular flexibility index (Phi) is 10.1. The van der Waals surface area contributed by atoms with E-state index in [4.69, 9.17) is 5.11 Å². The molecule has 0 bridgehead atoms. The molecule has 186 valence electrons. The minimum Gasteiger partial charge on any atom is -0.480 e. The topological polar surface area (TPSA) is 105 Å². The van der Waals surface area contributed by atoms with Crippen LogP contribution in [0.3, 0.4) is 0 Å². The smallest absolute Gasteiger partial charge is 0.317 e. The summed E-state index contributed by atoms with van der Waals surface area (Å²) in [5, 5.41) is 15.6. The third kappa shape index (κ3) is 9.05. The first-order chi connectivity index (χ1) is 16.9. The van der Waals surface area contributed by atoms with Crippen LogP contribution in [0.4, 0.5) is 5.69 Å². The van der Waals surface area contributed by atoms with Crippen molar-refractivity contribution < 1.29 is 9.90 Å². The zero-order valence-corrected chi connectivity index (χ0v) is 20.6. The Hall–Kier alpha value is -3.40. The van der Waals surface area contributed by atoms with Crippen LogP contribution in [0.5, 0.6) is 0 Å². The van der Waals surface area contributed by atoms with Crippen LogP contribution in [0.15, 0.2) is 59.2 Å². The fourth-order valence-corrected chi connectivity index (χ4v) is 3.88. The molecule has 0 atom stereocenters. The lowest BCUT2D eigenvalue weighted by Gasteiger charge is -2.26. The summed E-state index contributed by atoms with van der Waals surface area (Å²) in [7, 11) is 1.78. The average molecular weight is 478 g/mol. The highest BCUT2D eigenvalue weighted by molar-refractivity contribution is 6.00. The molecule has 0 unspecified atom stereocenters. The van der Waals surface area contributed by atoms with E-state index in [1.54, 1.807) is 24.4 Å². The van der Waals surface area contributed by atoms with Gasteiger partial charge in [-0.15, -0.1) is 0 Å². The predicted molar refractivity (Wildman–Crippen MR) is 142 cm³/mol. The minimum atomic E-state index is -0.852. The van der Waals surface area contributed by atoms with E-state index < -0.39 is 5.97 Å². The number of anilines is 1. The SMILES string of the molecule is C=C(N=C(/N=C\C)Nc1cccc(CN(C)CC(=O)O)c1)c1ccnc(CCN2CCNCC2)c1. The molecular weight excluding hydrogens is 442 g/mol. The molecule has 1 aromatic carbocycles. The van der Waals surface area contributed by atoms with Gasteiger partial charge in [-0.2, -0.15) is 0 Å². The molecule has 2 heterocycles. The van der Waals surface area contributed by atoms with E-state index >= 15 is 0 Å². The lowest BCUT2D eigenvalue weighted by Crippen LogP contribution is -2.44. The van der Waals surface area contributed by atoms with Crippen molar-refractivity contribution in [3.05, 3.63) is 66.0 Å². The first kappa shape index (κ1) is 26.2. The van der Waals surface area contributed by atoms with Gasteiger partial charge in [0, 0.05) is 75.0 Å². The van der Waals surface area contributed by atoms with Crippen molar-refractivity contribution in [2.24, 2.45) is 9.98 Å². The number of aliphatic imine (C=N–C) groups is 2. The number of carboxylic acid groups (broad SMARTS) is 1. The van der Waals surface area contributed by atoms with Crippen LogP contribution >= 0.6 is 0 Å². The molecule has 1 aromatic heterocycles. The number of nitrogens with zero attached hydrogens (tertiary/aromatic N) is 5. The van der Waals surface area contributed by atoms with Gasteiger partial charge < -0.3 is 20.6 Å². The molecule has 1 aliphatic heterocycles. The Bertz CT molecular complexity index is 1060. The molecule has 1 saturated heterocycles. The number of piperazine rings is 1. The third-order valence-electron chi connectivity index (χ3n) is 5.58. The highest BCUT2D eigenvalue weighted by Gasteiger charge is 2.11. The molecular formula is C26H35N7O2. The number of guanidine groups is 1. The van der Waals surface area contributed by atoms with E-state index in [1.165, 1.54) is 0 Å². The van der Waals surface area contributed by atoms with Crippen molar-refractivity contribution >= 4 is 29.5 Å². The van der Waals surface area contributed by atoms with Crippen LogP contribution < -0.4 is 10.6 Å². The quantitative estimate of drug-likeness (QED) is 0.357. The van der Waals surface area contributed by atoms with E-state index in [9.17, 15) is 4.79 Å². The zero-order valence-electron chi connectivity index (χ0n) is 20.6. The molecule has 35 heavy (non-hydrogen) atoms. The maximum absolute atomic E-state index is 10.9. The van der Waals surface area contributed by atoms with Gasteiger partial charge in [-0.05, 0) is 43.8 Å². The number of hydrogen-bond donors (Lipinski definition) is 3. The molecule has 9 heteroatoms. The zero-order chi connectivity index (χ0) is 25.0. The summed E-state index contributed by atoms with van der Waals surface area (Å²) in [6.07, 6.45) is 4.36. The Morgan fingerprint density at radius 2 is 2.11 bits per heavy atom. The normalized spacial score (nSPS) is 15.0. The van der Waals surface area contributed by atoms with Crippen LogP contribution in [-0.4, -0.2) is 84.3 Å². The van der Waals surface area contributed by atoms with Gasteiger partial charge in [0.1, 0.15) is 0 Å². The van der Waals surface area contributed by atoms with Gasteiger partial charge in [0.25, 0.3) is 0 Å². The Morgan fingerprint density at radius 1 is 1.31 bits per heavy atom. The van der Waals surface area contributed by atoms with Gasteiger partial charge in [-0.25, -0.2) is 9.98 Å². The lowest BCUT2D eigenvalue weighted by atomic mass is 10.1. The molecule has 9 nitrogen and oxygen atoms in total. The van der Waals surface area contributed by atoms with Crippen molar-refractivity contribution in [2.45, 2.75) is 19.9 Å². The standard InChI is InChI=1S/C26H35N7O2/c1-4-28-26(31-24-7-5-6-21(16-24)18-32(3)19-25(34)35)30-20(2)22-8-10-29-23(17-22)9-13-33-14-11-27-12-15-33/h4-8,10,16-17,27H,2,9,11-15,18-19H2,1,3H3,(H,30,31)(H,34,35)/b28-4-. The number of aromatic nitrogens is 1. The second-order valence-corrected chi connectivity index (χ2v) is 8.54. The number of carbonyl (C=O) groups is 1. The Balaban J connectivity index is 1.66. The van der Waals surface area contributed by atoms with Crippen molar-refractivity contribution in [1.29, 1.82) is 0 Å². The van der Waals surface area contributed by atoms with Gasteiger partial charge in [0.2, 0.25) is 5.96 Å². The fraction of sp³-hybridized carbons (Fsp3) is 0.385. The highest BCUT2D eigenvalue weighted by atomic mass is 16.4. The molecule has 1 aliphatic rings. The van der Waals surface area contributed by atoms with Crippen molar-refractivity contribution in [3.63, 3.8) is 0 Å². The number of aliphatic carboxylic acids is 1. The number of rotatable bonds is 10. The Labute approximate surface area is 207 Å². The summed E-state index contributed by atoms with van der Waals surface area (Å²) < 4.78 is 0. The van der Waals surface area contributed by atoms with E-state index in [0.717, 1.165) is 61.7 Å². The number of pyridine rings is 1. The van der Waals surface area contributed by atoms with Crippen molar-refractivity contribution in [3.8, 4) is 0 Å². The second kappa shape index (κ2) is 13.5. The van der Waals surface area contributed by atoms with Gasteiger partial charge in [0.15, 0.2) is 0 Å². The lowest BCUT2D eigenvalue weighted by molar-refractivity contribution is -0.138. The maximum atomic E-state index is 10.9. The van der Waals surface area contributed by atoms with Crippen LogP contribution in [-0.2, 0) is 17.8 Å². The summed E-state index contributed by atoms with van der Waals surface area (Å²) in [5.74, 6) is -0.428. The number of benzene rings is 1. The summed E-state index contributed by atoms with van der Waals surface area (Å²) in [6.45, 7) is 11.7. The number of likely N-dealkylation sites (N-methyl/N-ethyl adjacent to an activating group) is 1. The molecule has 3 rings (SSSR count).